The third-order valence-electron chi connectivity index (χ3n) is 4.08. The van der Waals surface area contributed by atoms with Crippen molar-refractivity contribution in [2.24, 2.45) is 0 Å². The normalized spacial score (nSPS) is 12.1. The summed E-state index contributed by atoms with van der Waals surface area (Å²) in [5, 5.41) is 7.61. The lowest BCUT2D eigenvalue weighted by atomic mass is 10.2. The first-order valence-electron chi connectivity index (χ1n) is 7.67. The minimum Gasteiger partial charge on any atom is -0.467 e. The number of amides is 1. The highest BCUT2D eigenvalue weighted by Crippen LogP contribution is 2.22. The molecule has 0 spiro atoms. The van der Waals surface area contributed by atoms with Crippen molar-refractivity contribution in [2.75, 3.05) is 7.05 Å². The molecule has 0 aliphatic carbocycles. The molecular weight excluding hydrogens is 360 g/mol. The third-order valence-corrected chi connectivity index (χ3v) is 4.65. The van der Waals surface area contributed by atoms with E-state index in [1.165, 1.54) is 0 Å². The molecule has 1 aromatic carbocycles. The van der Waals surface area contributed by atoms with Crippen molar-refractivity contribution in [3.63, 3.8) is 0 Å². The first-order valence-corrected chi connectivity index (χ1v) is 8.46. The van der Waals surface area contributed by atoms with Crippen LogP contribution in [-0.2, 0) is 11.3 Å². The lowest BCUT2D eigenvalue weighted by molar-refractivity contribution is -0.132. The fourth-order valence-corrected chi connectivity index (χ4v) is 2.79. The van der Waals surface area contributed by atoms with Crippen LogP contribution in [0.4, 0.5) is 0 Å². The highest BCUT2D eigenvalue weighted by Gasteiger charge is 2.21. The first-order chi connectivity index (χ1) is 12.0. The van der Waals surface area contributed by atoms with Gasteiger partial charge in [-0.05, 0) is 55.5 Å². The number of hydrogen-bond donors (Lipinski definition) is 1. The molecule has 1 amide bonds. The molecule has 2 aromatic heterocycles. The van der Waals surface area contributed by atoms with Crippen LogP contribution in [0.2, 0.25) is 5.02 Å². The molecule has 25 heavy (non-hydrogen) atoms. The van der Waals surface area contributed by atoms with Gasteiger partial charge < -0.3 is 9.32 Å². The lowest BCUT2D eigenvalue weighted by Gasteiger charge is -2.23. The van der Waals surface area contributed by atoms with E-state index in [2.05, 4.69) is 10.2 Å². The van der Waals surface area contributed by atoms with Crippen LogP contribution in [0.15, 0.2) is 47.1 Å². The maximum absolute atomic E-state index is 12.7. The van der Waals surface area contributed by atoms with Gasteiger partial charge in [-0.15, -0.1) is 0 Å². The number of aromatic nitrogens is 3. The summed E-state index contributed by atoms with van der Waals surface area (Å²) in [5.74, 6) is 1.22. The zero-order valence-corrected chi connectivity index (χ0v) is 15.3. The van der Waals surface area contributed by atoms with Crippen LogP contribution < -0.4 is 0 Å². The fraction of sp³-hybridized carbons (Fsp3) is 0.235. The average molecular weight is 377 g/mol. The molecule has 0 saturated carbocycles. The van der Waals surface area contributed by atoms with Crippen molar-refractivity contribution < 1.29 is 9.21 Å². The van der Waals surface area contributed by atoms with Gasteiger partial charge in [-0.2, -0.15) is 5.10 Å². The summed E-state index contributed by atoms with van der Waals surface area (Å²) >= 11 is 11.2. The topological polar surface area (TPSA) is 67.1 Å². The molecule has 1 unspecified atom stereocenters. The maximum Gasteiger partial charge on any atom is 0.243 e. The predicted octanol–water partition coefficient (Wildman–Crippen LogP) is 4.07. The fourth-order valence-electron chi connectivity index (χ4n) is 2.47. The van der Waals surface area contributed by atoms with E-state index in [-0.39, 0.29) is 18.5 Å². The predicted molar refractivity (Wildman–Crippen MR) is 97.8 cm³/mol. The molecule has 0 bridgehead atoms. The van der Waals surface area contributed by atoms with Crippen molar-refractivity contribution in [1.29, 1.82) is 0 Å². The Balaban J connectivity index is 1.83. The molecule has 130 valence electrons. The van der Waals surface area contributed by atoms with Crippen molar-refractivity contribution in [3.8, 4) is 11.4 Å². The number of aromatic amines is 1. The standard InChI is InChI=1S/C17H17ClN4O2S/c1-11(14-4-3-9-24-14)21(2)15(23)10-22-16(19-20-17(22)25)12-5-7-13(18)8-6-12/h3-9,11H,10H2,1-2H3,(H,20,25). The summed E-state index contributed by atoms with van der Waals surface area (Å²) in [6, 6.07) is 10.7. The molecule has 0 saturated heterocycles. The van der Waals surface area contributed by atoms with Crippen LogP contribution in [0.1, 0.15) is 18.7 Å². The number of likely N-dealkylation sites (N-methyl/N-ethyl adjacent to an activating group) is 1. The Labute approximate surface area is 155 Å². The quantitative estimate of drug-likeness (QED) is 0.681. The van der Waals surface area contributed by atoms with E-state index in [9.17, 15) is 4.79 Å². The Morgan fingerprint density at radius 1 is 1.40 bits per heavy atom. The van der Waals surface area contributed by atoms with Gasteiger partial charge in [0.25, 0.3) is 0 Å². The van der Waals surface area contributed by atoms with Gasteiger partial charge in [0.15, 0.2) is 10.6 Å². The number of halogens is 1. The summed E-state index contributed by atoms with van der Waals surface area (Å²) in [7, 11) is 1.74. The Bertz CT molecular complexity index is 915. The number of rotatable bonds is 5. The zero-order valence-electron chi connectivity index (χ0n) is 13.8. The number of carbonyl (C=O) groups is 1. The molecule has 0 radical (unpaired) electrons. The van der Waals surface area contributed by atoms with E-state index in [1.54, 1.807) is 41.0 Å². The zero-order chi connectivity index (χ0) is 18.0. The SMILES string of the molecule is CC(c1ccco1)N(C)C(=O)Cn1c(-c2ccc(Cl)cc2)n[nH]c1=S. The van der Waals surface area contributed by atoms with Gasteiger partial charge in [0.2, 0.25) is 5.91 Å². The van der Waals surface area contributed by atoms with Gasteiger partial charge in [0, 0.05) is 17.6 Å². The molecule has 2 heterocycles. The monoisotopic (exact) mass is 376 g/mol. The second-order valence-corrected chi connectivity index (χ2v) is 6.46. The Hall–Kier alpha value is -2.38. The van der Waals surface area contributed by atoms with Gasteiger partial charge >= 0.3 is 0 Å². The largest absolute Gasteiger partial charge is 0.467 e. The minimum atomic E-state index is -0.178. The molecule has 3 aromatic rings. The molecule has 1 N–H and O–H groups in total. The minimum absolute atomic E-state index is 0.0782. The molecule has 8 heteroatoms. The molecule has 0 aliphatic rings. The number of benzene rings is 1. The second-order valence-electron chi connectivity index (χ2n) is 5.64. The second kappa shape index (κ2) is 7.25. The summed E-state index contributed by atoms with van der Waals surface area (Å²) in [6.45, 7) is 1.99. The Morgan fingerprint density at radius 3 is 2.76 bits per heavy atom. The number of carbonyl (C=O) groups excluding carboxylic acids is 1. The smallest absolute Gasteiger partial charge is 0.243 e. The number of H-pyrrole nitrogens is 1. The van der Waals surface area contributed by atoms with Crippen LogP contribution in [-0.4, -0.2) is 32.6 Å². The summed E-state index contributed by atoms with van der Waals surface area (Å²) in [6.07, 6.45) is 1.59. The average Bonchev–Trinajstić information content (AvgIpc) is 3.25. The number of hydrogen-bond acceptors (Lipinski definition) is 4. The number of furan rings is 1. The van der Waals surface area contributed by atoms with E-state index in [1.807, 2.05) is 25.1 Å². The van der Waals surface area contributed by atoms with Crippen LogP contribution >= 0.6 is 23.8 Å². The van der Waals surface area contributed by atoms with Gasteiger partial charge in [-0.1, -0.05) is 11.6 Å². The molecule has 3 rings (SSSR count). The van der Waals surface area contributed by atoms with E-state index < -0.39 is 0 Å². The van der Waals surface area contributed by atoms with E-state index in [4.69, 9.17) is 28.2 Å². The van der Waals surface area contributed by atoms with Gasteiger partial charge in [-0.3, -0.25) is 14.5 Å². The van der Waals surface area contributed by atoms with Crippen LogP contribution in [0.25, 0.3) is 11.4 Å². The third kappa shape index (κ3) is 3.67. The maximum atomic E-state index is 12.7. The van der Waals surface area contributed by atoms with Gasteiger partial charge in [-0.25, -0.2) is 0 Å². The summed E-state index contributed by atoms with van der Waals surface area (Å²) < 4.78 is 7.44. The van der Waals surface area contributed by atoms with Crippen molar-refractivity contribution in [1.82, 2.24) is 19.7 Å². The van der Waals surface area contributed by atoms with E-state index in [0.29, 0.717) is 15.6 Å². The van der Waals surface area contributed by atoms with E-state index >= 15 is 0 Å². The molecule has 0 fully saturated rings. The first kappa shape index (κ1) is 17.4. The highest BCUT2D eigenvalue weighted by atomic mass is 35.5. The van der Waals surface area contributed by atoms with Crippen LogP contribution in [0.5, 0.6) is 0 Å². The highest BCUT2D eigenvalue weighted by molar-refractivity contribution is 7.71. The Kier molecular flexibility index (Phi) is 5.06. The van der Waals surface area contributed by atoms with Crippen LogP contribution in [0, 0.1) is 4.77 Å². The lowest BCUT2D eigenvalue weighted by Crippen LogP contribution is -2.32. The summed E-state index contributed by atoms with van der Waals surface area (Å²) in [4.78, 5) is 14.3. The molecule has 6 nitrogen and oxygen atoms in total. The van der Waals surface area contributed by atoms with Gasteiger partial charge in [0.1, 0.15) is 12.3 Å². The van der Waals surface area contributed by atoms with Crippen molar-refractivity contribution >= 4 is 29.7 Å². The van der Waals surface area contributed by atoms with Crippen LogP contribution in [0.3, 0.4) is 0 Å². The van der Waals surface area contributed by atoms with E-state index in [0.717, 1.165) is 11.3 Å². The Morgan fingerprint density at radius 2 is 2.12 bits per heavy atom. The number of nitrogens with zero attached hydrogens (tertiary/aromatic N) is 3. The molecule has 0 aliphatic heterocycles. The number of nitrogens with one attached hydrogen (secondary N) is 1. The molecular formula is C17H17ClN4O2S. The van der Waals surface area contributed by atoms with Gasteiger partial charge in [0.05, 0.1) is 12.3 Å². The molecule has 1 atom stereocenters. The van der Waals surface area contributed by atoms with Crippen molar-refractivity contribution in [2.45, 2.75) is 19.5 Å². The summed E-state index contributed by atoms with van der Waals surface area (Å²) in [5.41, 5.74) is 0.825. The van der Waals surface area contributed by atoms with Crippen molar-refractivity contribution in [3.05, 3.63) is 58.2 Å².